The zero-order chi connectivity index (χ0) is 23.4. The van der Waals surface area contributed by atoms with Crippen molar-refractivity contribution in [3.05, 3.63) is 95.3 Å². The molecule has 1 aromatic heterocycles. The number of hydrogen-bond acceptors (Lipinski definition) is 5. The second-order valence-corrected chi connectivity index (χ2v) is 7.96. The van der Waals surface area contributed by atoms with E-state index in [1.165, 1.54) is 0 Å². The minimum Gasteiger partial charge on any atom is -0.334 e. The molecule has 0 fully saturated rings. The summed E-state index contributed by atoms with van der Waals surface area (Å²) in [6.07, 6.45) is 0. The number of anilines is 2. The Labute approximate surface area is 191 Å². The van der Waals surface area contributed by atoms with Gasteiger partial charge in [0.05, 0.1) is 11.3 Å². The summed E-state index contributed by atoms with van der Waals surface area (Å²) < 4.78 is 5.43. The molecule has 2 N–H and O–H groups in total. The highest BCUT2D eigenvalue weighted by Gasteiger charge is 2.18. The van der Waals surface area contributed by atoms with Crippen LogP contribution in [0.5, 0.6) is 0 Å². The third-order valence-corrected chi connectivity index (χ3v) is 5.14. The quantitative estimate of drug-likeness (QED) is 0.402. The number of aromatic nitrogens is 2. The van der Waals surface area contributed by atoms with E-state index < -0.39 is 0 Å². The van der Waals surface area contributed by atoms with E-state index in [2.05, 4.69) is 20.8 Å². The Kier molecular flexibility index (Phi) is 6.31. The molecule has 166 valence electrons. The van der Waals surface area contributed by atoms with Gasteiger partial charge in [0.2, 0.25) is 0 Å². The van der Waals surface area contributed by atoms with Crippen LogP contribution in [0.1, 0.15) is 51.9 Å². The summed E-state index contributed by atoms with van der Waals surface area (Å²) in [6, 6.07) is 21.3. The Morgan fingerprint density at radius 2 is 1.48 bits per heavy atom. The van der Waals surface area contributed by atoms with Crippen LogP contribution in [0.25, 0.3) is 11.5 Å². The van der Waals surface area contributed by atoms with Gasteiger partial charge in [0.1, 0.15) is 0 Å². The first-order chi connectivity index (χ1) is 15.9. The van der Waals surface area contributed by atoms with E-state index in [0.717, 1.165) is 5.56 Å². The van der Waals surface area contributed by atoms with Crippen LogP contribution in [-0.4, -0.2) is 22.0 Å². The summed E-state index contributed by atoms with van der Waals surface area (Å²) in [6.45, 7) is 5.88. The van der Waals surface area contributed by atoms with Gasteiger partial charge in [-0.1, -0.05) is 49.3 Å². The van der Waals surface area contributed by atoms with E-state index in [1.807, 2.05) is 45.0 Å². The lowest BCUT2D eigenvalue weighted by Crippen LogP contribution is -2.14. The molecule has 0 saturated carbocycles. The minimum absolute atomic E-state index is 0.131. The van der Waals surface area contributed by atoms with Gasteiger partial charge in [0.25, 0.3) is 17.7 Å². The standard InChI is InChI=1S/C26H24N4O3/c1-16(2)23-29-26(33-30-23)21-11-7-8-17(3)22(21)28-25(32)19-12-14-20(15-13-19)27-24(31)18-9-5-4-6-10-18/h4-16H,1-3H3,(H,27,31)(H,28,32). The topological polar surface area (TPSA) is 97.1 Å². The smallest absolute Gasteiger partial charge is 0.260 e. The van der Waals surface area contributed by atoms with Crippen molar-refractivity contribution in [3.8, 4) is 11.5 Å². The summed E-state index contributed by atoms with van der Waals surface area (Å²) >= 11 is 0. The van der Waals surface area contributed by atoms with Gasteiger partial charge in [-0.15, -0.1) is 0 Å². The van der Waals surface area contributed by atoms with E-state index in [0.29, 0.717) is 39.8 Å². The van der Waals surface area contributed by atoms with Crippen molar-refractivity contribution in [2.24, 2.45) is 0 Å². The molecule has 4 rings (SSSR count). The largest absolute Gasteiger partial charge is 0.334 e. The van der Waals surface area contributed by atoms with Gasteiger partial charge in [0.15, 0.2) is 5.82 Å². The third-order valence-electron chi connectivity index (χ3n) is 5.14. The average molecular weight is 441 g/mol. The first-order valence-electron chi connectivity index (χ1n) is 10.6. The number of hydrogen-bond donors (Lipinski definition) is 2. The number of nitrogens with zero attached hydrogens (tertiary/aromatic N) is 2. The van der Waals surface area contributed by atoms with Gasteiger partial charge in [-0.3, -0.25) is 9.59 Å². The number of para-hydroxylation sites is 1. The number of carbonyl (C=O) groups excluding carboxylic acids is 2. The molecule has 0 aliphatic rings. The van der Waals surface area contributed by atoms with E-state index in [-0.39, 0.29) is 17.7 Å². The Hall–Kier alpha value is -4.26. The number of amides is 2. The third kappa shape index (κ3) is 4.98. The fraction of sp³-hybridized carbons (Fsp3) is 0.154. The summed E-state index contributed by atoms with van der Waals surface area (Å²) in [5, 5.41) is 9.81. The molecule has 0 spiro atoms. The summed E-state index contributed by atoms with van der Waals surface area (Å²) in [5.74, 6) is 0.604. The zero-order valence-corrected chi connectivity index (χ0v) is 18.6. The molecular weight excluding hydrogens is 416 g/mol. The SMILES string of the molecule is Cc1cccc(-c2nc(C(C)C)no2)c1NC(=O)c1ccc(NC(=O)c2ccccc2)cc1. The van der Waals surface area contributed by atoms with Crippen LogP contribution in [0.4, 0.5) is 11.4 Å². The second-order valence-electron chi connectivity index (χ2n) is 7.96. The van der Waals surface area contributed by atoms with E-state index in [4.69, 9.17) is 4.52 Å². The highest BCUT2D eigenvalue weighted by atomic mass is 16.5. The fourth-order valence-corrected chi connectivity index (χ4v) is 3.27. The molecule has 7 heteroatoms. The lowest BCUT2D eigenvalue weighted by atomic mass is 10.1. The van der Waals surface area contributed by atoms with Gasteiger partial charge in [-0.05, 0) is 55.0 Å². The van der Waals surface area contributed by atoms with Crippen molar-refractivity contribution in [1.82, 2.24) is 10.1 Å². The highest BCUT2D eigenvalue weighted by Crippen LogP contribution is 2.31. The van der Waals surface area contributed by atoms with E-state index >= 15 is 0 Å². The number of nitrogens with one attached hydrogen (secondary N) is 2. The highest BCUT2D eigenvalue weighted by molar-refractivity contribution is 6.07. The molecule has 1 heterocycles. The van der Waals surface area contributed by atoms with Crippen molar-refractivity contribution in [1.29, 1.82) is 0 Å². The lowest BCUT2D eigenvalue weighted by molar-refractivity contribution is 0.102. The average Bonchev–Trinajstić information content (AvgIpc) is 3.32. The monoisotopic (exact) mass is 440 g/mol. The van der Waals surface area contributed by atoms with Crippen molar-refractivity contribution in [3.63, 3.8) is 0 Å². The van der Waals surface area contributed by atoms with Crippen molar-refractivity contribution < 1.29 is 14.1 Å². The summed E-state index contributed by atoms with van der Waals surface area (Å²) in [5.41, 5.74) is 3.77. The van der Waals surface area contributed by atoms with Gasteiger partial charge in [0, 0.05) is 22.7 Å². The molecule has 0 radical (unpaired) electrons. The number of rotatable bonds is 6. The number of aryl methyl sites for hydroxylation is 1. The van der Waals surface area contributed by atoms with Crippen LogP contribution in [-0.2, 0) is 0 Å². The van der Waals surface area contributed by atoms with E-state index in [1.54, 1.807) is 48.5 Å². The van der Waals surface area contributed by atoms with Gasteiger partial charge in [-0.2, -0.15) is 4.98 Å². The normalized spacial score (nSPS) is 10.8. The van der Waals surface area contributed by atoms with Crippen LogP contribution in [0.3, 0.4) is 0 Å². The minimum atomic E-state index is -0.282. The number of benzene rings is 3. The zero-order valence-electron chi connectivity index (χ0n) is 18.6. The Morgan fingerprint density at radius 3 is 2.15 bits per heavy atom. The van der Waals surface area contributed by atoms with Crippen LogP contribution in [0.2, 0.25) is 0 Å². The summed E-state index contributed by atoms with van der Waals surface area (Å²) in [7, 11) is 0. The molecule has 3 aromatic carbocycles. The van der Waals surface area contributed by atoms with Crippen molar-refractivity contribution in [2.75, 3.05) is 10.6 Å². The van der Waals surface area contributed by atoms with Crippen molar-refractivity contribution in [2.45, 2.75) is 26.7 Å². The second kappa shape index (κ2) is 9.48. The molecule has 0 unspecified atom stereocenters. The van der Waals surface area contributed by atoms with E-state index in [9.17, 15) is 9.59 Å². The molecule has 0 aliphatic heterocycles. The molecular formula is C26H24N4O3. The van der Waals surface area contributed by atoms with Crippen LogP contribution in [0, 0.1) is 6.92 Å². The molecule has 0 aliphatic carbocycles. The Balaban J connectivity index is 1.51. The molecule has 7 nitrogen and oxygen atoms in total. The number of carbonyl (C=O) groups is 2. The van der Waals surface area contributed by atoms with Gasteiger partial charge in [-0.25, -0.2) is 0 Å². The molecule has 33 heavy (non-hydrogen) atoms. The predicted molar refractivity (Wildman–Crippen MR) is 127 cm³/mol. The van der Waals surface area contributed by atoms with Gasteiger partial charge >= 0.3 is 0 Å². The Bertz CT molecular complexity index is 1280. The molecule has 0 saturated heterocycles. The van der Waals surface area contributed by atoms with Gasteiger partial charge < -0.3 is 15.2 Å². The fourth-order valence-electron chi connectivity index (χ4n) is 3.27. The van der Waals surface area contributed by atoms with Crippen LogP contribution >= 0.6 is 0 Å². The summed E-state index contributed by atoms with van der Waals surface area (Å²) in [4.78, 5) is 29.7. The van der Waals surface area contributed by atoms with Crippen LogP contribution < -0.4 is 10.6 Å². The lowest BCUT2D eigenvalue weighted by Gasteiger charge is -2.12. The molecule has 2 amide bonds. The molecule has 0 atom stereocenters. The van der Waals surface area contributed by atoms with Crippen LogP contribution in [0.15, 0.2) is 77.3 Å². The predicted octanol–water partition coefficient (Wildman–Crippen LogP) is 5.67. The Morgan fingerprint density at radius 1 is 0.818 bits per heavy atom. The van der Waals surface area contributed by atoms with Crippen molar-refractivity contribution >= 4 is 23.2 Å². The maximum atomic E-state index is 13.0. The first-order valence-corrected chi connectivity index (χ1v) is 10.6. The molecule has 0 bridgehead atoms. The molecule has 4 aromatic rings. The maximum absolute atomic E-state index is 13.0. The first kappa shape index (κ1) is 22.0. The maximum Gasteiger partial charge on any atom is 0.260 e.